The molecule has 0 radical (unpaired) electrons. The molecule has 0 saturated heterocycles. The van der Waals surface area contributed by atoms with Crippen molar-refractivity contribution < 1.29 is 9.59 Å². The molecule has 5 heteroatoms. The maximum absolute atomic E-state index is 12.1. The van der Waals surface area contributed by atoms with Crippen molar-refractivity contribution in [1.29, 1.82) is 0 Å². The Balaban J connectivity index is 1.51. The third kappa shape index (κ3) is 5.08. The smallest absolute Gasteiger partial charge is 0.319 e. The number of hydrogen-bond donors (Lipinski definition) is 3. The summed E-state index contributed by atoms with van der Waals surface area (Å²) in [4.78, 5) is 24.2. The first kappa shape index (κ1) is 17.0. The van der Waals surface area contributed by atoms with Crippen LogP contribution < -0.4 is 16.0 Å². The van der Waals surface area contributed by atoms with Gasteiger partial charge >= 0.3 is 6.03 Å². The molecule has 0 spiro atoms. The van der Waals surface area contributed by atoms with E-state index >= 15 is 0 Å². The summed E-state index contributed by atoms with van der Waals surface area (Å²) < 4.78 is 0. The van der Waals surface area contributed by atoms with E-state index in [4.69, 9.17) is 0 Å². The van der Waals surface area contributed by atoms with E-state index in [1.165, 1.54) is 5.56 Å². The predicted octanol–water partition coefficient (Wildman–Crippen LogP) is 3.50. The minimum atomic E-state index is -0.275. The van der Waals surface area contributed by atoms with Crippen LogP contribution in [0.3, 0.4) is 0 Å². The highest BCUT2D eigenvalue weighted by Crippen LogP contribution is 2.20. The van der Waals surface area contributed by atoms with Gasteiger partial charge in [0.2, 0.25) is 0 Å². The quantitative estimate of drug-likeness (QED) is 0.755. The number of nitrogens with one attached hydrogen (secondary N) is 3. The molecule has 0 bridgehead atoms. The van der Waals surface area contributed by atoms with Gasteiger partial charge in [-0.25, -0.2) is 4.79 Å². The molecule has 0 heterocycles. The van der Waals surface area contributed by atoms with Crippen molar-refractivity contribution >= 4 is 17.6 Å². The normalized spacial score (nSPS) is 14.4. The van der Waals surface area contributed by atoms with Crippen LogP contribution in [0, 0.1) is 0 Å². The van der Waals surface area contributed by atoms with Crippen molar-refractivity contribution in [3.63, 3.8) is 0 Å². The SMILES string of the molecule is C[C@H](CNC(=O)Nc1cccc(C(=O)NC2CC2)c1)c1ccccc1. The molecular formula is C20H23N3O2. The average Bonchev–Trinajstić information content (AvgIpc) is 3.44. The second-order valence-electron chi connectivity index (χ2n) is 6.48. The highest BCUT2D eigenvalue weighted by molar-refractivity contribution is 5.97. The number of urea groups is 1. The van der Waals surface area contributed by atoms with Gasteiger partial charge in [-0.2, -0.15) is 0 Å². The Morgan fingerprint density at radius 1 is 1.08 bits per heavy atom. The van der Waals surface area contributed by atoms with Crippen LogP contribution in [-0.2, 0) is 0 Å². The molecule has 1 saturated carbocycles. The molecule has 130 valence electrons. The summed E-state index contributed by atoms with van der Waals surface area (Å²) in [5.74, 6) is 0.131. The topological polar surface area (TPSA) is 70.2 Å². The molecule has 0 unspecified atom stereocenters. The van der Waals surface area contributed by atoms with Gasteiger partial charge in [0.1, 0.15) is 0 Å². The molecule has 1 aliphatic rings. The average molecular weight is 337 g/mol. The fourth-order valence-electron chi connectivity index (χ4n) is 2.56. The van der Waals surface area contributed by atoms with Crippen molar-refractivity contribution in [3.8, 4) is 0 Å². The van der Waals surface area contributed by atoms with Gasteiger partial charge in [0.25, 0.3) is 5.91 Å². The lowest BCUT2D eigenvalue weighted by atomic mass is 10.0. The molecule has 0 aliphatic heterocycles. The minimum absolute atomic E-state index is 0.0933. The highest BCUT2D eigenvalue weighted by Gasteiger charge is 2.23. The van der Waals surface area contributed by atoms with Crippen LogP contribution in [0.15, 0.2) is 54.6 Å². The van der Waals surface area contributed by atoms with Gasteiger partial charge in [-0.15, -0.1) is 0 Å². The highest BCUT2D eigenvalue weighted by atomic mass is 16.2. The lowest BCUT2D eigenvalue weighted by Crippen LogP contribution is -2.32. The fourth-order valence-corrected chi connectivity index (χ4v) is 2.56. The molecule has 3 rings (SSSR count). The van der Waals surface area contributed by atoms with Crippen molar-refractivity contribution in [2.75, 3.05) is 11.9 Å². The summed E-state index contributed by atoms with van der Waals surface area (Å²) in [6, 6.07) is 17.1. The zero-order valence-corrected chi connectivity index (χ0v) is 14.3. The largest absolute Gasteiger partial charge is 0.349 e. The van der Waals surface area contributed by atoms with Crippen molar-refractivity contribution in [2.45, 2.75) is 31.7 Å². The Kier molecular flexibility index (Phi) is 5.33. The molecule has 2 aromatic rings. The van der Waals surface area contributed by atoms with Gasteiger partial charge in [0.05, 0.1) is 0 Å². The summed E-state index contributed by atoms with van der Waals surface area (Å²) in [7, 11) is 0. The van der Waals surface area contributed by atoms with Crippen LogP contribution in [0.4, 0.5) is 10.5 Å². The summed E-state index contributed by atoms with van der Waals surface area (Å²) in [6.45, 7) is 2.61. The number of amides is 3. The Bertz CT molecular complexity index is 742. The van der Waals surface area contributed by atoms with Gasteiger partial charge in [-0.1, -0.05) is 43.3 Å². The second-order valence-corrected chi connectivity index (χ2v) is 6.48. The molecule has 2 aromatic carbocycles. The first-order chi connectivity index (χ1) is 12.1. The van der Waals surface area contributed by atoms with Crippen molar-refractivity contribution in [2.24, 2.45) is 0 Å². The van der Waals surface area contributed by atoms with E-state index in [1.807, 2.05) is 30.3 Å². The minimum Gasteiger partial charge on any atom is -0.349 e. The van der Waals surface area contributed by atoms with E-state index < -0.39 is 0 Å². The van der Waals surface area contributed by atoms with E-state index in [1.54, 1.807) is 24.3 Å². The summed E-state index contributed by atoms with van der Waals surface area (Å²) in [6.07, 6.45) is 2.09. The van der Waals surface area contributed by atoms with Crippen LogP contribution >= 0.6 is 0 Å². The Morgan fingerprint density at radius 2 is 1.84 bits per heavy atom. The Hall–Kier alpha value is -2.82. The Morgan fingerprint density at radius 3 is 2.56 bits per heavy atom. The zero-order valence-electron chi connectivity index (χ0n) is 14.3. The van der Waals surface area contributed by atoms with Crippen LogP contribution in [0.5, 0.6) is 0 Å². The molecule has 5 nitrogen and oxygen atoms in total. The predicted molar refractivity (Wildman–Crippen MR) is 98.8 cm³/mol. The van der Waals surface area contributed by atoms with Crippen LogP contribution in [0.2, 0.25) is 0 Å². The molecule has 1 atom stereocenters. The molecule has 1 aliphatic carbocycles. The first-order valence-electron chi connectivity index (χ1n) is 8.62. The lowest BCUT2D eigenvalue weighted by molar-refractivity contribution is 0.0951. The molecular weight excluding hydrogens is 314 g/mol. The fraction of sp³-hybridized carbons (Fsp3) is 0.300. The third-order valence-electron chi connectivity index (χ3n) is 4.23. The van der Waals surface area contributed by atoms with E-state index in [9.17, 15) is 9.59 Å². The lowest BCUT2D eigenvalue weighted by Gasteiger charge is -2.14. The summed E-state index contributed by atoms with van der Waals surface area (Å²) >= 11 is 0. The molecule has 3 amide bonds. The summed E-state index contributed by atoms with van der Waals surface area (Å²) in [5, 5.41) is 8.59. The number of hydrogen-bond acceptors (Lipinski definition) is 2. The monoisotopic (exact) mass is 337 g/mol. The molecule has 3 N–H and O–H groups in total. The number of carbonyl (C=O) groups is 2. The van der Waals surface area contributed by atoms with Gasteiger partial charge in [0.15, 0.2) is 0 Å². The molecule has 1 fully saturated rings. The van der Waals surface area contributed by atoms with Crippen LogP contribution in [0.1, 0.15) is 41.6 Å². The van der Waals surface area contributed by atoms with E-state index in [0.717, 1.165) is 12.8 Å². The Labute approximate surface area is 147 Å². The second kappa shape index (κ2) is 7.83. The number of carbonyl (C=O) groups excluding carboxylic acids is 2. The number of benzene rings is 2. The van der Waals surface area contributed by atoms with E-state index in [-0.39, 0.29) is 17.9 Å². The van der Waals surface area contributed by atoms with Crippen molar-refractivity contribution in [3.05, 3.63) is 65.7 Å². The number of anilines is 1. The first-order valence-corrected chi connectivity index (χ1v) is 8.62. The molecule has 25 heavy (non-hydrogen) atoms. The third-order valence-corrected chi connectivity index (χ3v) is 4.23. The zero-order chi connectivity index (χ0) is 17.6. The van der Waals surface area contributed by atoms with Crippen LogP contribution in [0.25, 0.3) is 0 Å². The molecule has 0 aromatic heterocycles. The van der Waals surface area contributed by atoms with E-state index in [2.05, 4.69) is 22.9 Å². The van der Waals surface area contributed by atoms with Crippen molar-refractivity contribution in [1.82, 2.24) is 10.6 Å². The maximum Gasteiger partial charge on any atom is 0.319 e. The standard InChI is InChI=1S/C20H23N3O2/c1-14(15-6-3-2-4-7-15)13-21-20(25)23-18-9-5-8-16(12-18)19(24)22-17-10-11-17/h2-9,12,14,17H,10-11,13H2,1H3,(H,22,24)(H2,21,23,25)/t14-/m1/s1. The number of rotatable bonds is 6. The van der Waals surface area contributed by atoms with Gasteiger partial charge in [0, 0.05) is 23.8 Å². The van der Waals surface area contributed by atoms with Gasteiger partial charge < -0.3 is 16.0 Å². The maximum atomic E-state index is 12.1. The summed E-state index contributed by atoms with van der Waals surface area (Å²) in [5.41, 5.74) is 2.34. The van der Waals surface area contributed by atoms with E-state index in [0.29, 0.717) is 23.8 Å². The van der Waals surface area contributed by atoms with Gasteiger partial charge in [-0.05, 0) is 42.5 Å². The van der Waals surface area contributed by atoms with Crippen LogP contribution in [-0.4, -0.2) is 24.5 Å². The van der Waals surface area contributed by atoms with Gasteiger partial charge in [-0.3, -0.25) is 4.79 Å².